The molecule has 20 heavy (non-hydrogen) atoms. The van der Waals surface area contributed by atoms with E-state index in [9.17, 15) is 17.6 Å². The van der Waals surface area contributed by atoms with Crippen molar-refractivity contribution in [2.24, 2.45) is 5.73 Å². The summed E-state index contributed by atoms with van der Waals surface area (Å²) < 4.78 is 53.5. The zero-order valence-corrected chi connectivity index (χ0v) is 11.8. The van der Waals surface area contributed by atoms with Crippen LogP contribution in [0.4, 0.5) is 17.6 Å². The van der Waals surface area contributed by atoms with Crippen LogP contribution in [0.3, 0.4) is 0 Å². The maximum absolute atomic E-state index is 12.6. The van der Waals surface area contributed by atoms with Crippen molar-refractivity contribution in [3.63, 3.8) is 0 Å². The predicted octanol–water partition coefficient (Wildman–Crippen LogP) is 3.78. The van der Waals surface area contributed by atoms with Gasteiger partial charge in [0.05, 0.1) is 16.7 Å². The first-order chi connectivity index (χ1) is 9.24. The quantitative estimate of drug-likeness (QED) is 0.770. The first kappa shape index (κ1) is 17.5. The molecule has 2 nitrogen and oxygen atoms in total. The molecule has 1 unspecified atom stereocenters. The Kier molecular flexibility index (Phi) is 6.51. The van der Waals surface area contributed by atoms with Crippen LogP contribution in [0.1, 0.15) is 5.56 Å². The standard InChI is InChI=1S/C12H13Cl2F4NO/c13-9-3-1-2-7(10(9)14)4-8(19)5-20-6-12(17,18)11(15)16/h1-3,8,11H,4-6,19H2. The highest BCUT2D eigenvalue weighted by atomic mass is 35.5. The molecule has 8 heteroatoms. The molecule has 1 rings (SSSR count). The molecule has 1 aromatic rings. The predicted molar refractivity (Wildman–Crippen MR) is 69.9 cm³/mol. The maximum Gasteiger partial charge on any atom is 0.330 e. The fourth-order valence-electron chi connectivity index (χ4n) is 1.46. The number of nitrogens with two attached hydrogens (primary N) is 1. The van der Waals surface area contributed by atoms with Crippen molar-refractivity contribution in [2.75, 3.05) is 13.2 Å². The van der Waals surface area contributed by atoms with Crippen LogP contribution >= 0.6 is 23.2 Å². The van der Waals surface area contributed by atoms with E-state index in [-0.39, 0.29) is 13.0 Å². The first-order valence-electron chi connectivity index (χ1n) is 5.66. The number of rotatable bonds is 7. The summed E-state index contributed by atoms with van der Waals surface area (Å²) in [4.78, 5) is 0. The van der Waals surface area contributed by atoms with Gasteiger partial charge in [-0.1, -0.05) is 35.3 Å². The van der Waals surface area contributed by atoms with Gasteiger partial charge in [0.1, 0.15) is 6.61 Å². The summed E-state index contributed by atoms with van der Waals surface area (Å²) in [6.45, 7) is -1.66. The molecular weight excluding hydrogens is 321 g/mol. The van der Waals surface area contributed by atoms with E-state index in [4.69, 9.17) is 28.9 Å². The van der Waals surface area contributed by atoms with Crippen LogP contribution in [0.5, 0.6) is 0 Å². The van der Waals surface area contributed by atoms with Crippen LogP contribution in [-0.4, -0.2) is 31.6 Å². The number of hydrogen-bond acceptors (Lipinski definition) is 2. The molecule has 0 aromatic heterocycles. The average molecular weight is 334 g/mol. The molecule has 0 bridgehead atoms. The summed E-state index contributed by atoms with van der Waals surface area (Å²) in [5.74, 6) is -4.17. The molecule has 0 saturated heterocycles. The normalized spacial score (nSPS) is 13.8. The van der Waals surface area contributed by atoms with Gasteiger partial charge in [0.15, 0.2) is 0 Å². The van der Waals surface area contributed by atoms with Gasteiger partial charge in [0.25, 0.3) is 0 Å². The summed E-state index contributed by atoms with van der Waals surface area (Å²) in [6.07, 6.45) is -3.53. The molecule has 2 N–H and O–H groups in total. The van der Waals surface area contributed by atoms with Crippen LogP contribution in [0.2, 0.25) is 10.0 Å². The summed E-state index contributed by atoms with van der Waals surface area (Å²) in [6, 6.07) is 4.29. The van der Waals surface area contributed by atoms with E-state index in [0.717, 1.165) is 0 Å². The van der Waals surface area contributed by atoms with Gasteiger partial charge >= 0.3 is 12.3 Å². The van der Waals surface area contributed by atoms with Gasteiger partial charge in [0.2, 0.25) is 0 Å². The molecule has 0 saturated carbocycles. The van der Waals surface area contributed by atoms with Crippen molar-refractivity contribution in [1.82, 2.24) is 0 Å². The Balaban J connectivity index is 2.45. The number of benzene rings is 1. The van der Waals surface area contributed by atoms with Gasteiger partial charge in [-0.25, -0.2) is 8.78 Å². The monoisotopic (exact) mass is 333 g/mol. The van der Waals surface area contributed by atoms with E-state index >= 15 is 0 Å². The van der Waals surface area contributed by atoms with Gasteiger partial charge in [0, 0.05) is 6.04 Å². The second-order valence-electron chi connectivity index (χ2n) is 4.25. The van der Waals surface area contributed by atoms with E-state index in [1.165, 1.54) is 0 Å². The number of ether oxygens (including phenoxy) is 1. The second kappa shape index (κ2) is 7.45. The minimum atomic E-state index is -4.17. The molecule has 0 aliphatic carbocycles. The second-order valence-corrected chi connectivity index (χ2v) is 5.04. The maximum atomic E-state index is 12.6. The minimum Gasteiger partial charge on any atom is -0.373 e. The van der Waals surface area contributed by atoms with Gasteiger partial charge in [-0.05, 0) is 18.1 Å². The summed E-state index contributed by atoms with van der Waals surface area (Å²) in [5, 5.41) is 0.670. The average Bonchev–Trinajstić information content (AvgIpc) is 2.34. The smallest absolute Gasteiger partial charge is 0.330 e. The largest absolute Gasteiger partial charge is 0.373 e. The Morgan fingerprint density at radius 3 is 2.50 bits per heavy atom. The fourth-order valence-corrected chi connectivity index (χ4v) is 1.85. The molecule has 0 heterocycles. The first-order valence-corrected chi connectivity index (χ1v) is 6.42. The van der Waals surface area contributed by atoms with Crippen LogP contribution in [-0.2, 0) is 11.2 Å². The van der Waals surface area contributed by atoms with E-state index in [1.54, 1.807) is 18.2 Å². The highest BCUT2D eigenvalue weighted by molar-refractivity contribution is 6.42. The Hall–Kier alpha value is -0.560. The summed E-state index contributed by atoms with van der Waals surface area (Å²) in [5.41, 5.74) is 6.31. The van der Waals surface area contributed by atoms with Crippen LogP contribution in [0, 0.1) is 0 Å². The van der Waals surface area contributed by atoms with Gasteiger partial charge in [-0.2, -0.15) is 8.78 Å². The third kappa shape index (κ3) is 5.09. The molecule has 0 radical (unpaired) electrons. The molecule has 0 fully saturated rings. The molecule has 0 aliphatic rings. The van der Waals surface area contributed by atoms with Crippen molar-refractivity contribution in [3.05, 3.63) is 33.8 Å². The minimum absolute atomic E-state index is 0.236. The van der Waals surface area contributed by atoms with E-state index < -0.39 is 25.0 Å². The van der Waals surface area contributed by atoms with Crippen molar-refractivity contribution in [1.29, 1.82) is 0 Å². The van der Waals surface area contributed by atoms with Crippen molar-refractivity contribution >= 4 is 23.2 Å². The fraction of sp³-hybridized carbons (Fsp3) is 0.500. The molecule has 0 aliphatic heterocycles. The van der Waals surface area contributed by atoms with E-state index in [2.05, 4.69) is 4.74 Å². The molecule has 1 atom stereocenters. The lowest BCUT2D eigenvalue weighted by molar-refractivity contribution is -0.166. The third-order valence-electron chi connectivity index (χ3n) is 2.46. The lowest BCUT2D eigenvalue weighted by Gasteiger charge is -2.18. The van der Waals surface area contributed by atoms with Gasteiger partial charge < -0.3 is 10.5 Å². The van der Waals surface area contributed by atoms with Gasteiger partial charge in [-0.3, -0.25) is 0 Å². The lowest BCUT2D eigenvalue weighted by atomic mass is 10.1. The van der Waals surface area contributed by atoms with E-state index in [0.29, 0.717) is 15.6 Å². The Morgan fingerprint density at radius 2 is 1.90 bits per heavy atom. The summed E-state index contributed by atoms with van der Waals surface area (Å²) >= 11 is 11.7. The zero-order chi connectivity index (χ0) is 15.3. The number of halogens is 6. The topological polar surface area (TPSA) is 35.2 Å². The van der Waals surface area contributed by atoms with Crippen LogP contribution in [0.15, 0.2) is 18.2 Å². The Morgan fingerprint density at radius 1 is 1.25 bits per heavy atom. The zero-order valence-electron chi connectivity index (χ0n) is 10.3. The highest BCUT2D eigenvalue weighted by Crippen LogP contribution is 2.26. The number of alkyl halides is 4. The van der Waals surface area contributed by atoms with Crippen LogP contribution in [0.25, 0.3) is 0 Å². The molecule has 1 aromatic carbocycles. The van der Waals surface area contributed by atoms with Crippen molar-refractivity contribution < 1.29 is 22.3 Å². The molecule has 0 spiro atoms. The van der Waals surface area contributed by atoms with Gasteiger partial charge in [-0.15, -0.1) is 0 Å². The summed E-state index contributed by atoms with van der Waals surface area (Å²) in [7, 11) is 0. The lowest BCUT2D eigenvalue weighted by Crippen LogP contribution is -2.36. The number of hydrogen-bond donors (Lipinski definition) is 1. The molecular formula is C12H13Cl2F4NO. The third-order valence-corrected chi connectivity index (χ3v) is 3.32. The van der Waals surface area contributed by atoms with E-state index in [1.807, 2.05) is 0 Å². The SMILES string of the molecule is NC(COCC(F)(F)C(F)F)Cc1cccc(Cl)c1Cl. The molecule has 114 valence electrons. The Labute approximate surface area is 123 Å². The van der Waals surface area contributed by atoms with Crippen molar-refractivity contribution in [2.45, 2.75) is 24.8 Å². The Bertz CT molecular complexity index is 445. The van der Waals surface area contributed by atoms with Crippen molar-refractivity contribution in [3.8, 4) is 0 Å². The molecule has 0 amide bonds. The van der Waals surface area contributed by atoms with Crippen LogP contribution < -0.4 is 5.73 Å². The highest BCUT2D eigenvalue weighted by Gasteiger charge is 2.41.